The average molecular weight is 363 g/mol. The molecule has 1 heterocycles. The molecule has 1 saturated carbocycles. The Balaban J connectivity index is 1.44. The highest BCUT2D eigenvalue weighted by Crippen LogP contribution is 2.31. The fourth-order valence-electron chi connectivity index (χ4n) is 3.40. The lowest BCUT2D eigenvalue weighted by Crippen LogP contribution is -2.41. The van der Waals surface area contributed by atoms with Crippen molar-refractivity contribution in [1.82, 2.24) is 20.4 Å². The van der Waals surface area contributed by atoms with Gasteiger partial charge in [0.1, 0.15) is 5.82 Å². The smallest absolute Gasteiger partial charge is 0.318 e. The summed E-state index contributed by atoms with van der Waals surface area (Å²) >= 11 is 6.11. The molecule has 0 radical (unpaired) electrons. The Morgan fingerprint density at radius 1 is 1.40 bits per heavy atom. The molecule has 5 nitrogen and oxygen atoms in total. The summed E-state index contributed by atoms with van der Waals surface area (Å²) in [6, 6.07) is 4.55. The first-order valence-electron chi connectivity index (χ1n) is 8.66. The van der Waals surface area contributed by atoms with Crippen molar-refractivity contribution in [2.45, 2.75) is 51.2 Å². The molecule has 0 bridgehead atoms. The second kappa shape index (κ2) is 6.67. The van der Waals surface area contributed by atoms with Crippen LogP contribution in [-0.4, -0.2) is 27.2 Å². The molecular weight excluding hydrogens is 343 g/mol. The van der Waals surface area contributed by atoms with Crippen LogP contribution in [0, 0.1) is 5.82 Å². The molecule has 2 N–H and O–H groups in total. The molecule has 2 amide bonds. The first-order chi connectivity index (χ1) is 12.1. The Bertz CT molecular complexity index is 782. The van der Waals surface area contributed by atoms with Gasteiger partial charge in [-0.1, -0.05) is 17.7 Å². The van der Waals surface area contributed by atoms with Crippen molar-refractivity contribution >= 4 is 17.6 Å². The maximum atomic E-state index is 14.1. The number of fused-ring (bicyclic) bond motifs is 1. The quantitative estimate of drug-likeness (QED) is 0.854. The van der Waals surface area contributed by atoms with E-state index in [1.807, 2.05) is 0 Å². The Labute approximate surface area is 150 Å². The highest BCUT2D eigenvalue weighted by molar-refractivity contribution is 6.31. The zero-order valence-corrected chi connectivity index (χ0v) is 14.6. The van der Waals surface area contributed by atoms with Gasteiger partial charge in [-0.2, -0.15) is 5.10 Å². The van der Waals surface area contributed by atoms with Gasteiger partial charge in [-0.15, -0.1) is 0 Å². The Kier molecular flexibility index (Phi) is 4.37. The zero-order valence-electron chi connectivity index (χ0n) is 13.8. The monoisotopic (exact) mass is 362 g/mol. The maximum Gasteiger partial charge on any atom is 0.318 e. The van der Waals surface area contributed by atoms with Crippen molar-refractivity contribution in [2.24, 2.45) is 0 Å². The molecule has 132 valence electrons. The van der Waals surface area contributed by atoms with E-state index in [1.165, 1.54) is 17.3 Å². The second-order valence-corrected chi connectivity index (χ2v) is 7.11. The number of aryl methyl sites for hydroxylation is 1. The van der Waals surface area contributed by atoms with Crippen LogP contribution in [-0.2, 0) is 25.9 Å². The first kappa shape index (κ1) is 16.4. The molecular formula is C18H20ClFN4O. The zero-order chi connectivity index (χ0) is 17.4. The van der Waals surface area contributed by atoms with E-state index in [4.69, 9.17) is 11.6 Å². The van der Waals surface area contributed by atoms with Crippen LogP contribution >= 0.6 is 11.6 Å². The van der Waals surface area contributed by atoms with Gasteiger partial charge in [0.2, 0.25) is 0 Å². The van der Waals surface area contributed by atoms with Gasteiger partial charge in [0.15, 0.2) is 0 Å². The van der Waals surface area contributed by atoms with Gasteiger partial charge in [-0.05, 0) is 49.8 Å². The standard InChI is InChI=1S/C18H20ClFN4O/c19-14-4-2-5-15(20)13(14)10-24(11-7-8-11)18(25)21-9-17-12-3-1-6-16(12)22-23-17/h2,4-5,11H,1,3,6-10H2,(H,21,25)(H,22,23). The molecule has 1 fully saturated rings. The lowest BCUT2D eigenvalue weighted by molar-refractivity contribution is 0.190. The summed E-state index contributed by atoms with van der Waals surface area (Å²) in [5.41, 5.74) is 3.68. The Morgan fingerprint density at radius 2 is 2.24 bits per heavy atom. The molecule has 2 aromatic rings. The highest BCUT2D eigenvalue weighted by atomic mass is 35.5. The third kappa shape index (κ3) is 3.35. The van der Waals surface area contributed by atoms with Crippen molar-refractivity contribution in [2.75, 3.05) is 0 Å². The molecule has 0 spiro atoms. The summed E-state index contributed by atoms with van der Waals surface area (Å²) < 4.78 is 14.1. The van der Waals surface area contributed by atoms with Crippen LogP contribution in [0.3, 0.4) is 0 Å². The van der Waals surface area contributed by atoms with Gasteiger partial charge in [-0.25, -0.2) is 9.18 Å². The van der Waals surface area contributed by atoms with Crippen LogP contribution in [0.15, 0.2) is 18.2 Å². The summed E-state index contributed by atoms with van der Waals surface area (Å²) in [6.45, 7) is 0.569. The summed E-state index contributed by atoms with van der Waals surface area (Å²) in [6.07, 6.45) is 5.05. The highest BCUT2D eigenvalue weighted by Gasteiger charge is 2.33. The predicted molar refractivity (Wildman–Crippen MR) is 92.8 cm³/mol. The second-order valence-electron chi connectivity index (χ2n) is 6.70. The van der Waals surface area contributed by atoms with E-state index in [2.05, 4.69) is 15.5 Å². The van der Waals surface area contributed by atoms with Crippen molar-refractivity contribution in [3.05, 3.63) is 51.6 Å². The first-order valence-corrected chi connectivity index (χ1v) is 9.03. The van der Waals surface area contributed by atoms with Crippen molar-refractivity contribution in [1.29, 1.82) is 0 Å². The van der Waals surface area contributed by atoms with Crippen molar-refractivity contribution in [3.63, 3.8) is 0 Å². The number of rotatable bonds is 5. The number of benzene rings is 1. The lowest BCUT2D eigenvalue weighted by atomic mass is 10.2. The lowest BCUT2D eigenvalue weighted by Gasteiger charge is -2.23. The molecule has 1 aromatic carbocycles. The van der Waals surface area contributed by atoms with Gasteiger partial charge in [0, 0.05) is 22.3 Å². The van der Waals surface area contributed by atoms with E-state index >= 15 is 0 Å². The summed E-state index contributed by atoms with van der Waals surface area (Å²) in [5.74, 6) is -0.379. The van der Waals surface area contributed by atoms with Crippen LogP contribution < -0.4 is 5.32 Å². The van der Waals surface area contributed by atoms with Gasteiger partial charge in [0.05, 0.1) is 18.8 Å². The van der Waals surface area contributed by atoms with Crippen molar-refractivity contribution < 1.29 is 9.18 Å². The number of hydrogen-bond donors (Lipinski definition) is 2. The number of urea groups is 1. The predicted octanol–water partition coefficient (Wildman–Crippen LogP) is 3.57. The number of aromatic nitrogens is 2. The number of H-pyrrole nitrogens is 1. The van der Waals surface area contributed by atoms with E-state index in [0.29, 0.717) is 17.1 Å². The van der Waals surface area contributed by atoms with Crippen LogP contribution in [0.2, 0.25) is 5.02 Å². The minimum Gasteiger partial charge on any atom is -0.332 e. The molecule has 2 aliphatic carbocycles. The van der Waals surface area contributed by atoms with Gasteiger partial charge >= 0.3 is 6.03 Å². The van der Waals surface area contributed by atoms with Crippen LogP contribution in [0.4, 0.5) is 9.18 Å². The number of nitrogens with one attached hydrogen (secondary N) is 2. The fraction of sp³-hybridized carbons (Fsp3) is 0.444. The molecule has 25 heavy (non-hydrogen) atoms. The normalized spacial score (nSPS) is 15.9. The topological polar surface area (TPSA) is 61.0 Å². The van der Waals surface area contributed by atoms with E-state index in [0.717, 1.165) is 37.8 Å². The van der Waals surface area contributed by atoms with E-state index < -0.39 is 0 Å². The fourth-order valence-corrected chi connectivity index (χ4v) is 3.62. The summed E-state index contributed by atoms with van der Waals surface area (Å²) in [5, 5.41) is 10.6. The Morgan fingerprint density at radius 3 is 3.00 bits per heavy atom. The van der Waals surface area contributed by atoms with E-state index in [1.54, 1.807) is 17.0 Å². The summed E-state index contributed by atoms with van der Waals surface area (Å²) in [7, 11) is 0. The van der Waals surface area contributed by atoms with Gasteiger partial charge < -0.3 is 10.2 Å². The average Bonchev–Trinajstić information content (AvgIpc) is 3.18. The number of carbonyl (C=O) groups excluding carboxylic acids is 1. The number of hydrogen-bond acceptors (Lipinski definition) is 2. The van der Waals surface area contributed by atoms with E-state index in [-0.39, 0.29) is 24.4 Å². The molecule has 1 aromatic heterocycles. The van der Waals surface area contributed by atoms with Gasteiger partial charge in [-0.3, -0.25) is 5.10 Å². The minimum absolute atomic E-state index is 0.153. The Hall–Kier alpha value is -2.08. The molecule has 0 atom stereocenters. The van der Waals surface area contributed by atoms with Crippen LogP contribution in [0.1, 0.15) is 41.8 Å². The number of nitrogens with zero attached hydrogens (tertiary/aromatic N) is 2. The van der Waals surface area contributed by atoms with Gasteiger partial charge in [0.25, 0.3) is 0 Å². The SMILES string of the molecule is O=C(NCc1n[nH]c2c1CCC2)N(Cc1c(F)cccc1Cl)C1CC1. The number of amides is 2. The molecule has 0 unspecified atom stereocenters. The molecule has 0 aliphatic heterocycles. The third-order valence-corrected chi connectivity index (χ3v) is 5.29. The largest absolute Gasteiger partial charge is 0.332 e. The maximum absolute atomic E-state index is 14.1. The molecule has 4 rings (SSSR count). The third-order valence-electron chi connectivity index (χ3n) is 4.94. The van der Waals surface area contributed by atoms with Crippen LogP contribution in [0.25, 0.3) is 0 Å². The van der Waals surface area contributed by atoms with Crippen LogP contribution in [0.5, 0.6) is 0 Å². The summed E-state index contributed by atoms with van der Waals surface area (Å²) in [4.78, 5) is 14.3. The number of halogens is 2. The molecule has 7 heteroatoms. The van der Waals surface area contributed by atoms with Crippen molar-refractivity contribution in [3.8, 4) is 0 Å². The number of aromatic amines is 1. The number of carbonyl (C=O) groups is 1. The molecule has 2 aliphatic rings. The molecule has 0 saturated heterocycles. The van der Waals surface area contributed by atoms with E-state index in [9.17, 15) is 9.18 Å². The minimum atomic E-state index is -0.379.